The van der Waals surface area contributed by atoms with E-state index >= 15 is 0 Å². The number of aryl methyl sites for hydroxylation is 2. The van der Waals surface area contributed by atoms with Gasteiger partial charge in [-0.3, -0.25) is 14.0 Å². The van der Waals surface area contributed by atoms with Gasteiger partial charge in [-0.1, -0.05) is 6.92 Å². The Kier molecular flexibility index (Phi) is 3.73. The molecular weight excluding hydrogens is 300 g/mol. The van der Waals surface area contributed by atoms with Crippen LogP contribution in [-0.2, 0) is 24.8 Å². The van der Waals surface area contributed by atoms with Crippen molar-refractivity contribution < 1.29 is 13.9 Å². The third-order valence-electron chi connectivity index (χ3n) is 3.66. The van der Waals surface area contributed by atoms with Crippen LogP contribution in [0, 0.1) is 0 Å². The van der Waals surface area contributed by atoms with Crippen molar-refractivity contribution in [1.82, 2.24) is 19.3 Å². The van der Waals surface area contributed by atoms with Gasteiger partial charge >= 0.3 is 5.97 Å². The Hall–Kier alpha value is -2.90. The predicted molar refractivity (Wildman–Crippen MR) is 81.3 cm³/mol. The molecule has 3 aromatic rings. The molecule has 0 bridgehead atoms. The van der Waals surface area contributed by atoms with Crippen molar-refractivity contribution in [3.63, 3.8) is 0 Å². The molecule has 0 radical (unpaired) electrons. The summed E-state index contributed by atoms with van der Waals surface area (Å²) in [5.74, 6) is 0.227. The SMILES string of the molecule is CCc1oc(C(=O)OC)cc1Cn1cnc2c(cnn2C)c1=O. The largest absolute Gasteiger partial charge is 0.463 e. The molecule has 0 amide bonds. The monoisotopic (exact) mass is 316 g/mol. The maximum atomic E-state index is 12.5. The molecule has 0 saturated heterocycles. The van der Waals surface area contributed by atoms with Crippen molar-refractivity contribution >= 4 is 17.0 Å². The number of rotatable bonds is 4. The number of furan rings is 1. The number of methoxy groups -OCH3 is 1. The molecule has 0 N–H and O–H groups in total. The van der Waals surface area contributed by atoms with Crippen molar-refractivity contribution in [1.29, 1.82) is 0 Å². The van der Waals surface area contributed by atoms with Crippen LogP contribution in [0.4, 0.5) is 0 Å². The smallest absolute Gasteiger partial charge is 0.373 e. The van der Waals surface area contributed by atoms with Crippen molar-refractivity contribution in [3.8, 4) is 0 Å². The molecule has 0 aromatic carbocycles. The van der Waals surface area contributed by atoms with E-state index in [4.69, 9.17) is 4.42 Å². The molecule has 8 nitrogen and oxygen atoms in total. The Morgan fingerprint density at radius 3 is 2.91 bits per heavy atom. The van der Waals surface area contributed by atoms with Crippen LogP contribution >= 0.6 is 0 Å². The summed E-state index contributed by atoms with van der Waals surface area (Å²) in [5, 5.41) is 4.49. The first-order valence-corrected chi connectivity index (χ1v) is 7.12. The van der Waals surface area contributed by atoms with E-state index < -0.39 is 5.97 Å². The van der Waals surface area contributed by atoms with Gasteiger partial charge in [0, 0.05) is 19.0 Å². The summed E-state index contributed by atoms with van der Waals surface area (Å²) in [5.41, 5.74) is 1.09. The zero-order valence-electron chi connectivity index (χ0n) is 13.1. The molecule has 3 rings (SSSR count). The molecule has 0 aliphatic carbocycles. The quantitative estimate of drug-likeness (QED) is 0.670. The second-order valence-corrected chi connectivity index (χ2v) is 5.09. The van der Waals surface area contributed by atoms with Crippen LogP contribution in [0.15, 0.2) is 27.8 Å². The van der Waals surface area contributed by atoms with Crippen LogP contribution in [0.25, 0.3) is 11.0 Å². The minimum atomic E-state index is -0.542. The molecular formula is C15H16N4O4. The normalized spacial score (nSPS) is 11.1. The number of ether oxygens (including phenoxy) is 1. The molecule has 23 heavy (non-hydrogen) atoms. The van der Waals surface area contributed by atoms with Crippen molar-refractivity contribution in [2.75, 3.05) is 7.11 Å². The standard InChI is InChI=1S/C15H16N4O4/c1-4-11-9(5-12(23-11)15(21)22-3)7-19-8-16-13-10(14(19)20)6-17-18(13)2/h5-6,8H,4,7H2,1-3H3. The zero-order valence-corrected chi connectivity index (χ0v) is 13.1. The lowest BCUT2D eigenvalue weighted by atomic mass is 10.2. The summed E-state index contributed by atoms with van der Waals surface area (Å²) in [6, 6.07) is 1.60. The Morgan fingerprint density at radius 2 is 2.22 bits per heavy atom. The second-order valence-electron chi connectivity index (χ2n) is 5.09. The number of esters is 1. The molecule has 0 fully saturated rings. The first-order valence-electron chi connectivity index (χ1n) is 7.12. The van der Waals surface area contributed by atoms with Gasteiger partial charge in [-0.15, -0.1) is 0 Å². The lowest BCUT2D eigenvalue weighted by Gasteiger charge is -2.04. The van der Waals surface area contributed by atoms with E-state index in [1.807, 2.05) is 6.92 Å². The minimum Gasteiger partial charge on any atom is -0.463 e. The fourth-order valence-electron chi connectivity index (χ4n) is 2.46. The Morgan fingerprint density at radius 1 is 1.43 bits per heavy atom. The number of aromatic nitrogens is 4. The molecule has 3 aromatic heterocycles. The van der Waals surface area contributed by atoms with Crippen LogP contribution in [0.2, 0.25) is 0 Å². The molecule has 120 valence electrons. The highest BCUT2D eigenvalue weighted by atomic mass is 16.5. The zero-order chi connectivity index (χ0) is 16.6. The number of nitrogens with zero attached hydrogens (tertiary/aromatic N) is 4. The first kappa shape index (κ1) is 15.0. The van der Waals surface area contributed by atoms with E-state index in [0.717, 1.165) is 5.56 Å². The van der Waals surface area contributed by atoms with Gasteiger partial charge in [-0.25, -0.2) is 9.78 Å². The van der Waals surface area contributed by atoms with E-state index in [-0.39, 0.29) is 17.9 Å². The van der Waals surface area contributed by atoms with Gasteiger partial charge in [-0.05, 0) is 6.07 Å². The van der Waals surface area contributed by atoms with Crippen LogP contribution in [0.1, 0.15) is 28.8 Å². The molecule has 8 heteroatoms. The highest BCUT2D eigenvalue weighted by Crippen LogP contribution is 2.18. The Balaban J connectivity index is 2.02. The molecule has 0 saturated carbocycles. The van der Waals surface area contributed by atoms with Gasteiger partial charge in [-0.2, -0.15) is 5.10 Å². The van der Waals surface area contributed by atoms with Gasteiger partial charge in [0.15, 0.2) is 5.65 Å². The van der Waals surface area contributed by atoms with Gasteiger partial charge in [0.1, 0.15) is 17.5 Å². The van der Waals surface area contributed by atoms with Gasteiger partial charge in [0.2, 0.25) is 5.76 Å². The van der Waals surface area contributed by atoms with Crippen LogP contribution in [-0.4, -0.2) is 32.4 Å². The fraction of sp³-hybridized carbons (Fsp3) is 0.333. The van der Waals surface area contributed by atoms with Crippen LogP contribution in [0.5, 0.6) is 0 Å². The molecule has 3 heterocycles. The lowest BCUT2D eigenvalue weighted by molar-refractivity contribution is 0.0563. The molecule has 0 unspecified atom stereocenters. The highest BCUT2D eigenvalue weighted by molar-refractivity contribution is 5.86. The predicted octanol–water partition coefficient (Wildman–Crippen LogP) is 1.12. The van der Waals surface area contributed by atoms with E-state index in [0.29, 0.717) is 23.2 Å². The Labute approximate surface area is 131 Å². The van der Waals surface area contributed by atoms with Gasteiger partial charge in [0.05, 0.1) is 19.9 Å². The van der Waals surface area contributed by atoms with Crippen LogP contribution < -0.4 is 5.56 Å². The number of carbonyl (C=O) groups is 1. The maximum absolute atomic E-state index is 12.5. The van der Waals surface area contributed by atoms with E-state index in [1.165, 1.54) is 24.2 Å². The summed E-state index contributed by atoms with van der Waals surface area (Å²) in [6.45, 7) is 2.18. The van der Waals surface area contributed by atoms with E-state index in [1.54, 1.807) is 17.8 Å². The molecule has 0 aliphatic rings. The third-order valence-corrected chi connectivity index (χ3v) is 3.66. The summed E-state index contributed by atoms with van der Waals surface area (Å²) in [7, 11) is 3.02. The van der Waals surface area contributed by atoms with Crippen molar-refractivity contribution in [2.24, 2.45) is 7.05 Å². The second kappa shape index (κ2) is 5.71. The van der Waals surface area contributed by atoms with Crippen molar-refractivity contribution in [2.45, 2.75) is 19.9 Å². The summed E-state index contributed by atoms with van der Waals surface area (Å²) < 4.78 is 13.2. The molecule has 0 aliphatic heterocycles. The number of hydrogen-bond acceptors (Lipinski definition) is 6. The first-order chi connectivity index (χ1) is 11.0. The third kappa shape index (κ3) is 2.52. The van der Waals surface area contributed by atoms with Gasteiger partial charge in [0.25, 0.3) is 5.56 Å². The molecule has 0 spiro atoms. The highest BCUT2D eigenvalue weighted by Gasteiger charge is 2.17. The average molecular weight is 316 g/mol. The van der Waals surface area contributed by atoms with Crippen molar-refractivity contribution in [3.05, 3.63) is 46.0 Å². The lowest BCUT2D eigenvalue weighted by Crippen LogP contribution is -2.21. The van der Waals surface area contributed by atoms with E-state index in [9.17, 15) is 9.59 Å². The molecule has 0 atom stereocenters. The topological polar surface area (TPSA) is 92.2 Å². The summed E-state index contributed by atoms with van der Waals surface area (Å²) in [4.78, 5) is 28.3. The summed E-state index contributed by atoms with van der Waals surface area (Å²) in [6.07, 6.45) is 3.57. The number of carbonyl (C=O) groups excluding carboxylic acids is 1. The number of fused-ring (bicyclic) bond motifs is 1. The van der Waals surface area contributed by atoms with Gasteiger partial charge < -0.3 is 9.15 Å². The fourth-order valence-corrected chi connectivity index (χ4v) is 2.46. The minimum absolute atomic E-state index is 0.128. The maximum Gasteiger partial charge on any atom is 0.373 e. The Bertz CT molecular complexity index is 935. The number of hydrogen-bond donors (Lipinski definition) is 0. The average Bonchev–Trinajstić information content (AvgIpc) is 3.13. The van der Waals surface area contributed by atoms with E-state index in [2.05, 4.69) is 14.8 Å². The van der Waals surface area contributed by atoms with Crippen LogP contribution in [0.3, 0.4) is 0 Å². The summed E-state index contributed by atoms with van der Waals surface area (Å²) >= 11 is 0.